The number of benzene rings is 2. The first-order chi connectivity index (χ1) is 13.6. The fourth-order valence-electron chi connectivity index (χ4n) is 4.00. The molecular formula is C23H23NO3S. The molecule has 2 heterocycles. The number of ether oxygens (including phenoxy) is 1. The lowest BCUT2D eigenvalue weighted by Gasteiger charge is -2.40. The second-order valence-electron chi connectivity index (χ2n) is 7.29. The second kappa shape index (κ2) is 7.76. The van der Waals surface area contributed by atoms with E-state index in [2.05, 4.69) is 17.5 Å². The number of nitrogens with zero attached hydrogens (tertiary/aromatic N) is 1. The summed E-state index contributed by atoms with van der Waals surface area (Å²) in [5.74, 6) is -0.142. The molecule has 4 nitrogen and oxygen atoms in total. The Balaban J connectivity index is 1.56. The molecule has 0 saturated carbocycles. The van der Waals surface area contributed by atoms with Gasteiger partial charge in [-0.2, -0.15) is 0 Å². The SMILES string of the molecule is CC(=O)N1CCC(C(=O)OCc2csc3ccccc23)(c2ccccc2)CC1. The molecule has 1 fully saturated rings. The Morgan fingerprint density at radius 1 is 1.04 bits per heavy atom. The third-order valence-corrected chi connectivity index (χ3v) is 6.71. The molecule has 1 amide bonds. The van der Waals surface area contributed by atoms with Crippen LogP contribution in [0.25, 0.3) is 10.1 Å². The highest BCUT2D eigenvalue weighted by molar-refractivity contribution is 7.17. The Bertz CT molecular complexity index is 987. The van der Waals surface area contributed by atoms with Crippen LogP contribution in [-0.2, 0) is 26.3 Å². The van der Waals surface area contributed by atoms with Crippen LogP contribution in [-0.4, -0.2) is 29.9 Å². The standard InChI is InChI=1S/C23H23NO3S/c1-17(25)24-13-11-23(12-14-24,19-7-3-2-4-8-19)22(26)27-15-18-16-28-21-10-6-5-9-20(18)21/h2-10,16H,11-15H2,1H3. The van der Waals surface area contributed by atoms with Crippen molar-refractivity contribution in [2.45, 2.75) is 31.8 Å². The highest BCUT2D eigenvalue weighted by atomic mass is 32.1. The number of carbonyl (C=O) groups excluding carboxylic acids is 2. The van der Waals surface area contributed by atoms with Gasteiger partial charge in [0.05, 0.1) is 5.41 Å². The number of carbonyl (C=O) groups is 2. The molecule has 0 bridgehead atoms. The maximum absolute atomic E-state index is 13.3. The highest BCUT2D eigenvalue weighted by Crippen LogP contribution is 2.37. The van der Waals surface area contributed by atoms with E-state index in [1.807, 2.05) is 42.5 Å². The van der Waals surface area contributed by atoms with Gasteiger partial charge in [0.15, 0.2) is 0 Å². The fourth-order valence-corrected chi connectivity index (χ4v) is 4.94. The predicted octanol–water partition coefficient (Wildman–Crippen LogP) is 4.52. The minimum Gasteiger partial charge on any atom is -0.460 e. The third-order valence-electron chi connectivity index (χ3n) is 5.70. The molecule has 0 unspecified atom stereocenters. The molecule has 4 rings (SSSR count). The van der Waals surface area contributed by atoms with Crippen molar-refractivity contribution >= 4 is 33.3 Å². The Hall–Kier alpha value is -2.66. The molecule has 2 aromatic carbocycles. The topological polar surface area (TPSA) is 46.6 Å². The van der Waals surface area contributed by atoms with Gasteiger partial charge in [0, 0.05) is 30.3 Å². The number of thiophene rings is 1. The van der Waals surface area contributed by atoms with Crippen LogP contribution >= 0.6 is 11.3 Å². The first-order valence-corrected chi connectivity index (χ1v) is 10.4. The van der Waals surface area contributed by atoms with Gasteiger partial charge in [0.2, 0.25) is 5.91 Å². The normalized spacial score (nSPS) is 16.1. The highest BCUT2D eigenvalue weighted by Gasteiger charge is 2.44. The molecule has 3 aromatic rings. The number of fused-ring (bicyclic) bond motifs is 1. The van der Waals surface area contributed by atoms with Gasteiger partial charge in [-0.1, -0.05) is 48.5 Å². The molecule has 1 aliphatic rings. The molecule has 1 aromatic heterocycles. The van der Waals surface area contributed by atoms with Gasteiger partial charge in [-0.3, -0.25) is 9.59 Å². The summed E-state index contributed by atoms with van der Waals surface area (Å²) < 4.78 is 7.05. The van der Waals surface area contributed by atoms with Crippen LogP contribution < -0.4 is 0 Å². The smallest absolute Gasteiger partial charge is 0.317 e. The molecule has 0 atom stereocenters. The minimum atomic E-state index is -0.695. The predicted molar refractivity (Wildman–Crippen MR) is 111 cm³/mol. The summed E-state index contributed by atoms with van der Waals surface area (Å²) in [5.41, 5.74) is 1.32. The van der Waals surface area contributed by atoms with Crippen molar-refractivity contribution in [3.63, 3.8) is 0 Å². The van der Waals surface area contributed by atoms with Gasteiger partial charge in [-0.25, -0.2) is 0 Å². The van der Waals surface area contributed by atoms with Crippen LogP contribution in [0.4, 0.5) is 0 Å². The summed E-state index contributed by atoms with van der Waals surface area (Å²) in [6.45, 7) is 2.99. The minimum absolute atomic E-state index is 0.0553. The first kappa shape index (κ1) is 18.7. The molecule has 1 aliphatic heterocycles. The Morgan fingerprint density at radius 3 is 2.43 bits per heavy atom. The number of hydrogen-bond donors (Lipinski definition) is 0. The average Bonchev–Trinajstić information content (AvgIpc) is 3.15. The molecule has 0 spiro atoms. The number of piperidine rings is 1. The first-order valence-electron chi connectivity index (χ1n) is 9.53. The van der Waals surface area contributed by atoms with Crippen LogP contribution in [0.3, 0.4) is 0 Å². The van der Waals surface area contributed by atoms with Gasteiger partial charge >= 0.3 is 5.97 Å². The van der Waals surface area contributed by atoms with Crippen LogP contribution in [0.5, 0.6) is 0 Å². The van der Waals surface area contributed by atoms with Gasteiger partial charge in [-0.15, -0.1) is 11.3 Å². The van der Waals surface area contributed by atoms with Crippen LogP contribution in [0, 0.1) is 0 Å². The third kappa shape index (κ3) is 3.42. The number of amides is 1. The molecule has 1 saturated heterocycles. The molecule has 0 aliphatic carbocycles. The van der Waals surface area contributed by atoms with E-state index in [1.54, 1.807) is 23.2 Å². The summed E-state index contributed by atoms with van der Waals surface area (Å²) in [4.78, 5) is 26.8. The average molecular weight is 394 g/mol. The van der Waals surface area contributed by atoms with Gasteiger partial charge in [-0.05, 0) is 35.2 Å². The van der Waals surface area contributed by atoms with Crippen LogP contribution in [0.1, 0.15) is 30.9 Å². The number of hydrogen-bond acceptors (Lipinski definition) is 4. The van der Waals surface area contributed by atoms with Crippen molar-refractivity contribution in [3.8, 4) is 0 Å². The van der Waals surface area contributed by atoms with Crippen molar-refractivity contribution in [2.75, 3.05) is 13.1 Å². The maximum Gasteiger partial charge on any atom is 0.317 e. The van der Waals surface area contributed by atoms with Gasteiger partial charge in [0.1, 0.15) is 6.61 Å². The fraction of sp³-hybridized carbons (Fsp3) is 0.304. The van der Waals surface area contributed by atoms with E-state index in [0.717, 1.165) is 16.5 Å². The zero-order chi connectivity index (χ0) is 19.6. The van der Waals surface area contributed by atoms with E-state index in [4.69, 9.17) is 4.74 Å². The Kier molecular flexibility index (Phi) is 5.18. The van der Waals surface area contributed by atoms with Crippen LogP contribution in [0.2, 0.25) is 0 Å². The number of rotatable bonds is 4. The number of esters is 1. The summed E-state index contributed by atoms with van der Waals surface area (Å²) in [6.07, 6.45) is 1.17. The lowest BCUT2D eigenvalue weighted by Crippen LogP contribution is -2.49. The largest absolute Gasteiger partial charge is 0.460 e. The van der Waals surface area contributed by atoms with Gasteiger partial charge in [0.25, 0.3) is 0 Å². The summed E-state index contributed by atoms with van der Waals surface area (Å²) in [7, 11) is 0. The summed E-state index contributed by atoms with van der Waals surface area (Å²) in [5, 5.41) is 3.20. The molecule has 144 valence electrons. The van der Waals surface area contributed by atoms with E-state index in [0.29, 0.717) is 25.9 Å². The van der Waals surface area contributed by atoms with E-state index >= 15 is 0 Å². The van der Waals surface area contributed by atoms with Crippen molar-refractivity contribution in [1.82, 2.24) is 4.90 Å². The summed E-state index contributed by atoms with van der Waals surface area (Å²) in [6, 6.07) is 18.0. The zero-order valence-corrected chi connectivity index (χ0v) is 16.7. The molecule has 0 radical (unpaired) electrons. The van der Waals surface area contributed by atoms with E-state index in [9.17, 15) is 9.59 Å². The van der Waals surface area contributed by atoms with Gasteiger partial charge < -0.3 is 9.64 Å². The zero-order valence-electron chi connectivity index (χ0n) is 15.9. The molecular weight excluding hydrogens is 370 g/mol. The van der Waals surface area contributed by atoms with E-state index in [-0.39, 0.29) is 18.5 Å². The Morgan fingerprint density at radius 2 is 1.71 bits per heavy atom. The molecule has 0 N–H and O–H groups in total. The quantitative estimate of drug-likeness (QED) is 0.612. The lowest BCUT2D eigenvalue weighted by atomic mass is 9.72. The molecule has 5 heteroatoms. The Labute approximate surface area is 168 Å². The van der Waals surface area contributed by atoms with Crippen molar-refractivity contribution in [2.24, 2.45) is 0 Å². The lowest BCUT2D eigenvalue weighted by molar-refractivity contribution is -0.155. The van der Waals surface area contributed by atoms with Crippen LogP contribution in [0.15, 0.2) is 60.0 Å². The maximum atomic E-state index is 13.3. The van der Waals surface area contributed by atoms with Crippen molar-refractivity contribution in [1.29, 1.82) is 0 Å². The van der Waals surface area contributed by atoms with Crippen molar-refractivity contribution in [3.05, 3.63) is 71.1 Å². The molecule has 28 heavy (non-hydrogen) atoms. The van der Waals surface area contributed by atoms with E-state index < -0.39 is 5.41 Å². The van der Waals surface area contributed by atoms with E-state index in [1.165, 1.54) is 4.70 Å². The second-order valence-corrected chi connectivity index (χ2v) is 8.20. The van der Waals surface area contributed by atoms with Crippen molar-refractivity contribution < 1.29 is 14.3 Å². The monoisotopic (exact) mass is 393 g/mol. The summed E-state index contributed by atoms with van der Waals surface area (Å²) >= 11 is 1.66. The number of likely N-dealkylation sites (tertiary alicyclic amines) is 1.